The van der Waals surface area contributed by atoms with Crippen LogP contribution in [0.5, 0.6) is 0 Å². The van der Waals surface area contributed by atoms with Gasteiger partial charge in [0.25, 0.3) is 5.91 Å². The molecule has 4 heteroatoms. The van der Waals surface area contributed by atoms with Crippen LogP contribution in [0, 0.1) is 11.8 Å². The van der Waals surface area contributed by atoms with Crippen LogP contribution < -0.4 is 10.6 Å². The molecular formula is C14H25N3O. The fourth-order valence-corrected chi connectivity index (χ4v) is 2.95. The van der Waals surface area contributed by atoms with Crippen LogP contribution in [0.1, 0.15) is 52.9 Å². The Hall–Kier alpha value is -1.06. The molecule has 1 saturated heterocycles. The molecule has 2 aliphatic rings. The van der Waals surface area contributed by atoms with Gasteiger partial charge >= 0.3 is 0 Å². The molecule has 1 heterocycles. The smallest absolute Gasteiger partial charge is 0.252 e. The first kappa shape index (κ1) is 13.4. The molecule has 0 aromatic carbocycles. The number of carbonyl (C=O) groups excluding carboxylic acids is 1. The predicted molar refractivity (Wildman–Crippen MR) is 73.4 cm³/mol. The minimum absolute atomic E-state index is 0.128. The maximum Gasteiger partial charge on any atom is 0.252 e. The SMILES string of the molecule is CCC1CCCC2(C1)NC(=NCC(C)C)NC2=O. The van der Waals surface area contributed by atoms with Gasteiger partial charge in [0.1, 0.15) is 5.54 Å². The zero-order chi connectivity index (χ0) is 13.2. The first-order chi connectivity index (χ1) is 8.55. The highest BCUT2D eigenvalue weighted by Gasteiger charge is 2.47. The topological polar surface area (TPSA) is 53.5 Å². The number of amides is 1. The van der Waals surface area contributed by atoms with Gasteiger partial charge in [-0.2, -0.15) is 0 Å². The van der Waals surface area contributed by atoms with Gasteiger partial charge in [-0.05, 0) is 24.7 Å². The summed E-state index contributed by atoms with van der Waals surface area (Å²) in [6.45, 7) is 7.23. The fraction of sp³-hybridized carbons (Fsp3) is 0.857. The lowest BCUT2D eigenvalue weighted by Crippen LogP contribution is -2.50. The van der Waals surface area contributed by atoms with Gasteiger partial charge in [0.2, 0.25) is 0 Å². The van der Waals surface area contributed by atoms with Crippen molar-refractivity contribution in [2.45, 2.75) is 58.4 Å². The highest BCUT2D eigenvalue weighted by atomic mass is 16.2. The highest BCUT2D eigenvalue weighted by molar-refractivity contribution is 6.09. The van der Waals surface area contributed by atoms with E-state index in [4.69, 9.17) is 0 Å². The van der Waals surface area contributed by atoms with E-state index in [1.165, 1.54) is 6.42 Å². The third-order valence-electron chi connectivity index (χ3n) is 4.07. The summed E-state index contributed by atoms with van der Waals surface area (Å²) in [5, 5.41) is 6.28. The summed E-state index contributed by atoms with van der Waals surface area (Å²) in [7, 11) is 0. The Labute approximate surface area is 110 Å². The summed E-state index contributed by atoms with van der Waals surface area (Å²) in [5.74, 6) is 2.00. The Kier molecular flexibility index (Phi) is 3.93. The molecule has 18 heavy (non-hydrogen) atoms. The van der Waals surface area contributed by atoms with Crippen molar-refractivity contribution in [2.24, 2.45) is 16.8 Å². The van der Waals surface area contributed by atoms with Gasteiger partial charge < -0.3 is 5.32 Å². The Balaban J connectivity index is 2.06. The van der Waals surface area contributed by atoms with Crippen LogP contribution in [0.15, 0.2) is 4.99 Å². The first-order valence-electron chi connectivity index (χ1n) is 7.20. The molecule has 2 unspecified atom stereocenters. The van der Waals surface area contributed by atoms with Crippen molar-refractivity contribution in [3.05, 3.63) is 0 Å². The van der Waals surface area contributed by atoms with Crippen molar-refractivity contribution in [3.63, 3.8) is 0 Å². The van der Waals surface area contributed by atoms with Crippen molar-refractivity contribution < 1.29 is 4.79 Å². The minimum atomic E-state index is -0.366. The van der Waals surface area contributed by atoms with Crippen LogP contribution in [0.2, 0.25) is 0 Å². The number of carbonyl (C=O) groups is 1. The quantitative estimate of drug-likeness (QED) is 0.806. The van der Waals surface area contributed by atoms with Crippen molar-refractivity contribution in [1.29, 1.82) is 0 Å². The van der Waals surface area contributed by atoms with Crippen LogP contribution >= 0.6 is 0 Å². The minimum Gasteiger partial charge on any atom is -0.342 e. The second-order valence-electron chi connectivity index (χ2n) is 6.11. The monoisotopic (exact) mass is 251 g/mol. The van der Waals surface area contributed by atoms with E-state index < -0.39 is 0 Å². The Morgan fingerprint density at radius 1 is 1.50 bits per heavy atom. The molecule has 1 amide bonds. The van der Waals surface area contributed by atoms with E-state index in [1.54, 1.807) is 0 Å². The van der Waals surface area contributed by atoms with E-state index >= 15 is 0 Å². The third-order valence-corrected chi connectivity index (χ3v) is 4.07. The molecule has 2 atom stereocenters. The molecule has 0 aromatic rings. The van der Waals surface area contributed by atoms with Crippen molar-refractivity contribution >= 4 is 11.9 Å². The molecule has 4 nitrogen and oxygen atoms in total. The molecule has 1 aliphatic carbocycles. The molecule has 102 valence electrons. The molecule has 2 rings (SSSR count). The second kappa shape index (κ2) is 5.29. The highest BCUT2D eigenvalue weighted by Crippen LogP contribution is 2.35. The second-order valence-corrected chi connectivity index (χ2v) is 6.11. The van der Waals surface area contributed by atoms with E-state index in [0.717, 1.165) is 32.2 Å². The van der Waals surface area contributed by atoms with E-state index in [0.29, 0.717) is 17.8 Å². The van der Waals surface area contributed by atoms with E-state index in [-0.39, 0.29) is 11.4 Å². The molecule has 2 fully saturated rings. The van der Waals surface area contributed by atoms with Gasteiger partial charge in [0, 0.05) is 6.54 Å². The lowest BCUT2D eigenvalue weighted by atomic mass is 9.75. The maximum atomic E-state index is 12.2. The van der Waals surface area contributed by atoms with Crippen LogP contribution in [0.3, 0.4) is 0 Å². The van der Waals surface area contributed by atoms with Crippen LogP contribution in [-0.2, 0) is 4.79 Å². The summed E-state index contributed by atoms with van der Waals surface area (Å²) in [5.41, 5.74) is -0.366. The van der Waals surface area contributed by atoms with Crippen molar-refractivity contribution in [1.82, 2.24) is 10.6 Å². The number of hydrogen-bond donors (Lipinski definition) is 2. The zero-order valence-electron chi connectivity index (χ0n) is 11.8. The van der Waals surface area contributed by atoms with Gasteiger partial charge in [0.15, 0.2) is 5.96 Å². The van der Waals surface area contributed by atoms with E-state index in [1.807, 2.05) is 0 Å². The molecule has 1 saturated carbocycles. The first-order valence-corrected chi connectivity index (χ1v) is 7.20. The third kappa shape index (κ3) is 2.68. The number of hydrogen-bond acceptors (Lipinski definition) is 2. The number of rotatable bonds is 3. The van der Waals surface area contributed by atoms with Gasteiger partial charge in [0.05, 0.1) is 0 Å². The average Bonchev–Trinajstić information content (AvgIpc) is 2.63. The largest absolute Gasteiger partial charge is 0.342 e. The number of nitrogens with zero attached hydrogens (tertiary/aromatic N) is 1. The maximum absolute atomic E-state index is 12.2. The van der Waals surface area contributed by atoms with Gasteiger partial charge in [-0.25, -0.2) is 0 Å². The summed E-state index contributed by atoms with van der Waals surface area (Å²) in [6, 6.07) is 0. The molecule has 1 aliphatic heterocycles. The predicted octanol–water partition coefficient (Wildman–Crippen LogP) is 2.06. The van der Waals surface area contributed by atoms with Gasteiger partial charge in [-0.1, -0.05) is 40.0 Å². The molecule has 0 aromatic heterocycles. The average molecular weight is 251 g/mol. The normalized spacial score (nSPS) is 34.1. The summed E-state index contributed by atoms with van der Waals surface area (Å²) in [6.07, 6.45) is 5.45. The van der Waals surface area contributed by atoms with Gasteiger partial charge in [-0.15, -0.1) is 0 Å². The zero-order valence-corrected chi connectivity index (χ0v) is 11.8. The van der Waals surface area contributed by atoms with Crippen LogP contribution in [0.4, 0.5) is 0 Å². The molecule has 1 spiro atoms. The van der Waals surface area contributed by atoms with Crippen molar-refractivity contribution in [2.75, 3.05) is 6.54 Å². The summed E-state index contributed by atoms with van der Waals surface area (Å²) < 4.78 is 0. The molecule has 0 radical (unpaired) electrons. The molecule has 2 N–H and O–H groups in total. The Bertz CT molecular complexity index is 351. The fourth-order valence-electron chi connectivity index (χ4n) is 2.95. The molecule has 0 bridgehead atoms. The molecular weight excluding hydrogens is 226 g/mol. The van der Waals surface area contributed by atoms with E-state index in [2.05, 4.69) is 36.4 Å². The number of guanidine groups is 1. The van der Waals surface area contributed by atoms with Gasteiger partial charge in [-0.3, -0.25) is 15.1 Å². The van der Waals surface area contributed by atoms with E-state index in [9.17, 15) is 4.79 Å². The van der Waals surface area contributed by atoms with Crippen molar-refractivity contribution in [3.8, 4) is 0 Å². The number of nitrogens with one attached hydrogen (secondary N) is 2. The number of aliphatic imine (C=N–C) groups is 1. The Morgan fingerprint density at radius 3 is 2.94 bits per heavy atom. The lowest BCUT2D eigenvalue weighted by molar-refractivity contribution is -0.125. The standard InChI is InChI=1S/C14H25N3O/c1-4-11-6-5-7-14(8-11)12(18)16-13(17-14)15-9-10(2)3/h10-11H,4-9H2,1-3H3,(H2,15,16,17,18). The van der Waals surface area contributed by atoms with Crippen LogP contribution in [0.25, 0.3) is 0 Å². The summed E-state index contributed by atoms with van der Waals surface area (Å²) >= 11 is 0. The van der Waals surface area contributed by atoms with Crippen LogP contribution in [-0.4, -0.2) is 24.0 Å². The summed E-state index contributed by atoms with van der Waals surface area (Å²) in [4.78, 5) is 16.7. The lowest BCUT2D eigenvalue weighted by Gasteiger charge is -2.35. The Morgan fingerprint density at radius 2 is 2.28 bits per heavy atom.